The summed E-state index contributed by atoms with van der Waals surface area (Å²) in [4.78, 5) is 37.1. The first-order valence-corrected chi connectivity index (χ1v) is 8.20. The van der Waals surface area contributed by atoms with Gasteiger partial charge in [-0.2, -0.15) is 0 Å². The van der Waals surface area contributed by atoms with Gasteiger partial charge in [-0.25, -0.2) is 0 Å². The van der Waals surface area contributed by atoms with E-state index in [4.69, 9.17) is 0 Å². The van der Waals surface area contributed by atoms with Gasteiger partial charge in [0, 0.05) is 24.4 Å². The normalized spacial score (nSPS) is 14.1. The van der Waals surface area contributed by atoms with Gasteiger partial charge < -0.3 is 5.32 Å². The Labute approximate surface area is 150 Å². The van der Waals surface area contributed by atoms with Crippen LogP contribution in [0, 0.1) is 10.1 Å². The van der Waals surface area contributed by atoms with Crippen LogP contribution in [0.3, 0.4) is 0 Å². The highest BCUT2D eigenvalue weighted by atomic mass is 16.6. The second-order valence-corrected chi connectivity index (χ2v) is 5.81. The minimum atomic E-state index is -0.508. The molecular weight excluding hydrogens is 334 g/mol. The van der Waals surface area contributed by atoms with Crippen LogP contribution in [0.1, 0.15) is 18.9 Å². The Hall–Kier alpha value is -3.48. The molecule has 7 nitrogen and oxygen atoms in total. The number of carbonyl (C=O) groups is 2. The van der Waals surface area contributed by atoms with Gasteiger partial charge in [-0.15, -0.1) is 0 Å². The number of hydrogen-bond acceptors (Lipinski definition) is 5. The van der Waals surface area contributed by atoms with Crippen LogP contribution in [0.4, 0.5) is 11.4 Å². The third-order valence-corrected chi connectivity index (χ3v) is 4.03. The lowest BCUT2D eigenvalue weighted by Gasteiger charge is -2.13. The van der Waals surface area contributed by atoms with Gasteiger partial charge in [-0.1, -0.05) is 25.1 Å². The van der Waals surface area contributed by atoms with Gasteiger partial charge in [0.15, 0.2) is 0 Å². The molecule has 7 heteroatoms. The molecule has 0 aromatic heterocycles. The van der Waals surface area contributed by atoms with Gasteiger partial charge in [0.25, 0.3) is 17.5 Å². The lowest BCUT2D eigenvalue weighted by atomic mass is 10.0. The molecule has 1 aliphatic rings. The van der Waals surface area contributed by atoms with Gasteiger partial charge in [-0.05, 0) is 36.2 Å². The van der Waals surface area contributed by atoms with Crippen LogP contribution in [-0.4, -0.2) is 28.2 Å². The van der Waals surface area contributed by atoms with Crippen molar-refractivity contribution in [2.45, 2.75) is 13.3 Å². The van der Waals surface area contributed by atoms with Crippen LogP contribution in [0.25, 0.3) is 5.57 Å². The third kappa shape index (κ3) is 3.19. The Bertz CT molecular complexity index is 889. The lowest BCUT2D eigenvalue weighted by Crippen LogP contribution is -2.33. The van der Waals surface area contributed by atoms with Crippen molar-refractivity contribution >= 4 is 28.8 Å². The molecule has 3 rings (SSSR count). The van der Waals surface area contributed by atoms with Crippen molar-refractivity contribution in [3.63, 3.8) is 0 Å². The molecule has 1 aliphatic heterocycles. The molecule has 0 radical (unpaired) electrons. The summed E-state index contributed by atoms with van der Waals surface area (Å²) < 4.78 is 0. The molecule has 2 aromatic rings. The van der Waals surface area contributed by atoms with E-state index in [-0.39, 0.29) is 17.0 Å². The average Bonchev–Trinajstić information content (AvgIpc) is 2.87. The fourth-order valence-electron chi connectivity index (χ4n) is 2.80. The molecule has 2 aromatic carbocycles. The summed E-state index contributed by atoms with van der Waals surface area (Å²) in [5.41, 5.74) is 1.48. The highest BCUT2D eigenvalue weighted by molar-refractivity contribution is 6.36. The third-order valence-electron chi connectivity index (χ3n) is 4.03. The number of hydrogen-bond donors (Lipinski definition) is 1. The van der Waals surface area contributed by atoms with Gasteiger partial charge in [-0.3, -0.25) is 24.6 Å². The van der Waals surface area contributed by atoms with E-state index < -0.39 is 16.7 Å². The molecule has 1 N–H and O–H groups in total. The Morgan fingerprint density at radius 3 is 2.23 bits per heavy atom. The van der Waals surface area contributed by atoms with Gasteiger partial charge in [0.1, 0.15) is 5.70 Å². The molecule has 132 valence electrons. The van der Waals surface area contributed by atoms with E-state index in [2.05, 4.69) is 5.32 Å². The van der Waals surface area contributed by atoms with Crippen molar-refractivity contribution in [3.05, 3.63) is 76.0 Å². The zero-order valence-corrected chi connectivity index (χ0v) is 14.1. The molecule has 0 bridgehead atoms. The largest absolute Gasteiger partial charge is 0.350 e. The molecule has 0 aliphatic carbocycles. The highest BCUT2D eigenvalue weighted by Gasteiger charge is 2.38. The number of anilines is 1. The molecule has 0 saturated heterocycles. The van der Waals surface area contributed by atoms with Crippen molar-refractivity contribution in [2.75, 3.05) is 11.9 Å². The molecule has 0 fully saturated rings. The number of nitro benzene ring substituents is 1. The van der Waals surface area contributed by atoms with E-state index in [0.717, 1.165) is 0 Å². The molecular formula is C19H17N3O4. The monoisotopic (exact) mass is 351 g/mol. The van der Waals surface area contributed by atoms with Crippen LogP contribution < -0.4 is 5.32 Å². The van der Waals surface area contributed by atoms with E-state index in [1.54, 1.807) is 12.1 Å². The molecule has 0 spiro atoms. The first kappa shape index (κ1) is 17.3. The highest BCUT2D eigenvalue weighted by Crippen LogP contribution is 2.31. The fourth-order valence-corrected chi connectivity index (χ4v) is 2.80. The second kappa shape index (κ2) is 7.18. The van der Waals surface area contributed by atoms with E-state index in [0.29, 0.717) is 24.2 Å². The van der Waals surface area contributed by atoms with Crippen LogP contribution in [0.5, 0.6) is 0 Å². The Morgan fingerprint density at radius 2 is 1.65 bits per heavy atom. The first-order chi connectivity index (χ1) is 12.5. The fraction of sp³-hybridized carbons (Fsp3) is 0.158. The number of benzene rings is 2. The van der Waals surface area contributed by atoms with Crippen molar-refractivity contribution < 1.29 is 14.5 Å². The summed E-state index contributed by atoms with van der Waals surface area (Å²) in [7, 11) is 0. The maximum Gasteiger partial charge on any atom is 0.278 e. The van der Waals surface area contributed by atoms with Crippen molar-refractivity contribution in [1.82, 2.24) is 4.90 Å². The number of amides is 2. The predicted molar refractivity (Wildman–Crippen MR) is 97.1 cm³/mol. The summed E-state index contributed by atoms with van der Waals surface area (Å²) >= 11 is 0. The van der Waals surface area contributed by atoms with E-state index in [9.17, 15) is 19.7 Å². The number of carbonyl (C=O) groups excluding carboxylic acids is 2. The summed E-state index contributed by atoms with van der Waals surface area (Å²) in [5.74, 6) is -0.793. The summed E-state index contributed by atoms with van der Waals surface area (Å²) in [5, 5.41) is 13.9. The maximum atomic E-state index is 12.8. The smallest absolute Gasteiger partial charge is 0.278 e. The first-order valence-electron chi connectivity index (χ1n) is 8.20. The lowest BCUT2D eigenvalue weighted by molar-refractivity contribution is -0.384. The average molecular weight is 351 g/mol. The molecule has 0 unspecified atom stereocenters. The van der Waals surface area contributed by atoms with Crippen LogP contribution in [0.2, 0.25) is 0 Å². The topological polar surface area (TPSA) is 92.6 Å². The number of non-ortho nitro benzene ring substituents is 1. The van der Waals surface area contributed by atoms with Gasteiger partial charge >= 0.3 is 0 Å². The summed E-state index contributed by atoms with van der Waals surface area (Å²) in [6.45, 7) is 2.20. The minimum absolute atomic E-state index is 0.0749. The SMILES string of the molecule is CCCN1C(=O)C(Nc2ccccc2)=C(c2ccc([N+](=O)[O-])cc2)C1=O. The zero-order valence-electron chi connectivity index (χ0n) is 14.1. The Morgan fingerprint density at radius 1 is 1.00 bits per heavy atom. The summed E-state index contributed by atoms with van der Waals surface area (Å²) in [6, 6.07) is 14.7. The maximum absolute atomic E-state index is 12.8. The van der Waals surface area contributed by atoms with Gasteiger partial charge in [0.05, 0.1) is 10.5 Å². The number of nitrogens with zero attached hydrogens (tertiary/aromatic N) is 2. The van der Waals surface area contributed by atoms with Crippen LogP contribution in [0.15, 0.2) is 60.3 Å². The molecule has 2 amide bonds. The second-order valence-electron chi connectivity index (χ2n) is 5.81. The van der Waals surface area contributed by atoms with Crippen molar-refractivity contribution in [1.29, 1.82) is 0 Å². The molecule has 26 heavy (non-hydrogen) atoms. The molecule has 0 saturated carbocycles. The number of para-hydroxylation sites is 1. The number of imide groups is 1. The van der Waals surface area contributed by atoms with E-state index in [1.165, 1.54) is 29.2 Å². The van der Waals surface area contributed by atoms with Gasteiger partial charge in [0.2, 0.25) is 0 Å². The van der Waals surface area contributed by atoms with Crippen molar-refractivity contribution in [3.8, 4) is 0 Å². The predicted octanol–water partition coefficient (Wildman–Crippen LogP) is 3.20. The number of nitro groups is 1. The summed E-state index contributed by atoms with van der Waals surface area (Å²) in [6.07, 6.45) is 0.642. The van der Waals surface area contributed by atoms with E-state index >= 15 is 0 Å². The minimum Gasteiger partial charge on any atom is -0.350 e. The number of nitrogens with one attached hydrogen (secondary N) is 1. The van der Waals surface area contributed by atoms with Crippen molar-refractivity contribution in [2.24, 2.45) is 0 Å². The molecule has 0 atom stereocenters. The Kier molecular flexibility index (Phi) is 4.79. The van der Waals surface area contributed by atoms with E-state index in [1.807, 2.05) is 25.1 Å². The van der Waals surface area contributed by atoms with Crippen LogP contribution in [-0.2, 0) is 9.59 Å². The molecule has 1 heterocycles. The standard InChI is InChI=1S/C19H17N3O4/c1-2-12-21-18(23)16(13-8-10-15(11-9-13)22(25)26)17(19(21)24)20-14-6-4-3-5-7-14/h3-11,20H,2,12H2,1H3. The zero-order chi connectivity index (χ0) is 18.7. The number of rotatable bonds is 6. The quantitative estimate of drug-likeness (QED) is 0.490. The Balaban J connectivity index is 2.05. The van der Waals surface area contributed by atoms with Crippen LogP contribution >= 0.6 is 0 Å².